The summed E-state index contributed by atoms with van der Waals surface area (Å²) in [5.41, 5.74) is 5.22. The molecule has 4 aromatic rings. The van der Waals surface area contributed by atoms with Crippen LogP contribution in [0.15, 0.2) is 100 Å². The summed E-state index contributed by atoms with van der Waals surface area (Å²) in [6, 6.07) is 21.7. The molecule has 5 aliphatic rings. The minimum Gasteiger partial charge on any atom is -0.511 e. The average Bonchev–Trinajstić information content (AvgIpc) is 2.49. The number of halogens is 1. The molecule has 3 saturated heterocycles. The second-order valence-corrected chi connectivity index (χ2v) is 24.7. The van der Waals surface area contributed by atoms with E-state index in [-0.39, 0.29) is 66.2 Å². The van der Waals surface area contributed by atoms with Gasteiger partial charge in [0.25, 0.3) is 11.7 Å². The monoisotopic (exact) mass is 1230 g/mol. The Morgan fingerprint density at radius 1 is 0.816 bits per heavy atom. The highest BCUT2D eigenvalue weighted by atomic mass is 35.5. The Kier molecular flexibility index (Phi) is 24.0. The molecular weight excluding hydrogens is 1150 g/mol. The molecule has 3 amide bonds. The van der Waals surface area contributed by atoms with E-state index in [1.165, 1.54) is 4.80 Å². The van der Waals surface area contributed by atoms with Crippen molar-refractivity contribution in [1.29, 1.82) is 0 Å². The highest BCUT2D eigenvalue weighted by Crippen LogP contribution is 2.39. The number of amides is 3. The van der Waals surface area contributed by atoms with Crippen LogP contribution < -0.4 is 31.9 Å². The number of anilines is 3. The highest BCUT2D eigenvalue weighted by molar-refractivity contribution is 8.00. The van der Waals surface area contributed by atoms with E-state index in [4.69, 9.17) is 40.5 Å². The molecule has 9 rings (SSSR count). The van der Waals surface area contributed by atoms with Crippen molar-refractivity contribution in [2.75, 3.05) is 122 Å². The van der Waals surface area contributed by atoms with Gasteiger partial charge in [0.1, 0.15) is 11.6 Å². The summed E-state index contributed by atoms with van der Waals surface area (Å²) in [6.45, 7) is 16.1. The van der Waals surface area contributed by atoms with Crippen molar-refractivity contribution in [3.8, 4) is 5.69 Å². The Labute approximate surface area is 518 Å². The molecule has 3 aromatic carbocycles. The number of amidine groups is 1. The van der Waals surface area contributed by atoms with Crippen LogP contribution in [0.2, 0.25) is 5.02 Å². The molecule has 25 heteroatoms. The first-order valence-electron chi connectivity index (χ1n) is 30.4. The van der Waals surface area contributed by atoms with E-state index < -0.39 is 5.91 Å². The molecule has 1 aliphatic carbocycles. The number of aliphatic hydroxyl groups is 1. The fourth-order valence-corrected chi connectivity index (χ4v) is 12.9. The summed E-state index contributed by atoms with van der Waals surface area (Å²) in [5, 5.41) is 43.7. The Morgan fingerprint density at radius 3 is 2.32 bits per heavy atom. The molecule has 468 valence electrons. The Hall–Kier alpha value is -6.93. The van der Waals surface area contributed by atoms with Crippen LogP contribution in [-0.4, -0.2) is 198 Å². The van der Waals surface area contributed by atoms with Gasteiger partial charge < -0.3 is 60.9 Å². The molecule has 0 saturated carbocycles. The number of carbonyl (C=O) groups is 4. The number of fused-ring (bicyclic) bond motifs is 3. The first kappa shape index (κ1) is 64.5. The SMILES string of the molecule is C=C1N[C@H]2[C@H](CS[C@H]2CCCCC(=O)NCCOCCOCCOCCOCCC(=NCCCC(=O)Nc2ccc(-n3nnc(C(=O)NCCCN4CCN(C5=Nc6cc(Cl)ccc6Nc6ccccc65)CC4)n3)cc2)C2=C(O)CC(C)(C)CC2=O)N1. The van der Waals surface area contributed by atoms with Gasteiger partial charge in [-0.15, -0.1) is 15.0 Å². The standard InChI is InChI=1S/C62H83ClN14O9S/c1-42-67-51-41-87-54(58(51)68-42)12-6-7-13-55(80)65-24-31-84-33-35-86-37-36-85-34-32-83-30-21-49(57-52(78)39-62(2,3)40-53(57)79)64-22-8-14-56(81)69-44-16-18-45(19-17-44)77-73-59(72-74-77)61(82)66-23-9-25-75-26-28-76(29-27-75)60-46-10-4-5-11-47(46)70-48-20-15-43(63)38-50(48)71-60/h4-5,10-11,15-20,38,51,54,58,67-68,70,78H,1,6-9,12-14,21-37,39-41H2,2-3H3,(H,65,80)(H,66,82)(H,69,81)/t51-,54-,58-/m0/s1. The summed E-state index contributed by atoms with van der Waals surface area (Å²) in [7, 11) is 0. The van der Waals surface area contributed by atoms with E-state index in [1.807, 2.05) is 55.9 Å². The van der Waals surface area contributed by atoms with Gasteiger partial charge in [-0.25, -0.2) is 4.99 Å². The predicted octanol–water partition coefficient (Wildman–Crippen LogP) is 6.90. The number of nitrogens with one attached hydrogen (secondary N) is 6. The number of nitrogens with zero attached hydrogens (tertiary/aromatic N) is 8. The number of ketones is 1. The van der Waals surface area contributed by atoms with Crippen molar-refractivity contribution in [3.63, 3.8) is 0 Å². The second kappa shape index (κ2) is 32.3. The zero-order chi connectivity index (χ0) is 61.0. The van der Waals surface area contributed by atoms with E-state index in [9.17, 15) is 24.3 Å². The summed E-state index contributed by atoms with van der Waals surface area (Å²) in [4.78, 5) is 67.4. The van der Waals surface area contributed by atoms with Crippen LogP contribution in [-0.2, 0) is 33.3 Å². The van der Waals surface area contributed by atoms with Gasteiger partial charge in [-0.3, -0.25) is 29.1 Å². The van der Waals surface area contributed by atoms with Crippen molar-refractivity contribution in [1.82, 2.24) is 51.3 Å². The summed E-state index contributed by atoms with van der Waals surface area (Å²) < 4.78 is 22.7. The van der Waals surface area contributed by atoms with Crippen molar-refractivity contribution in [3.05, 3.63) is 107 Å². The van der Waals surface area contributed by atoms with Crippen LogP contribution in [0.25, 0.3) is 5.69 Å². The number of aliphatic hydroxyl groups excluding tert-OH is 1. The number of aliphatic imine (C=N–C) groups is 2. The molecule has 87 heavy (non-hydrogen) atoms. The normalized spacial score (nSPS) is 19.1. The van der Waals surface area contributed by atoms with E-state index in [1.54, 1.807) is 24.3 Å². The summed E-state index contributed by atoms with van der Waals surface area (Å²) in [5.74, 6) is 2.16. The van der Waals surface area contributed by atoms with Gasteiger partial charge in [-0.2, -0.15) is 11.8 Å². The van der Waals surface area contributed by atoms with Crippen LogP contribution in [0.3, 0.4) is 0 Å². The van der Waals surface area contributed by atoms with Crippen molar-refractivity contribution < 1.29 is 43.2 Å². The number of ether oxygens (including phenoxy) is 4. The van der Waals surface area contributed by atoms with Crippen LogP contribution in [0.4, 0.5) is 22.7 Å². The Bertz CT molecular complexity index is 3100. The number of unbranched alkanes of at least 4 members (excludes halogenated alkanes) is 1. The lowest BCUT2D eigenvalue weighted by atomic mass is 9.75. The number of rotatable bonds is 32. The third-order valence-corrected chi connectivity index (χ3v) is 17.3. The van der Waals surface area contributed by atoms with Crippen LogP contribution in [0.1, 0.15) is 94.2 Å². The van der Waals surface area contributed by atoms with Crippen molar-refractivity contribution in [2.24, 2.45) is 15.4 Å². The number of thioether (sulfide) groups is 1. The maximum Gasteiger partial charge on any atom is 0.292 e. The van der Waals surface area contributed by atoms with E-state index in [0.29, 0.717) is 124 Å². The molecule has 1 aromatic heterocycles. The van der Waals surface area contributed by atoms with Crippen LogP contribution in [0.5, 0.6) is 0 Å². The maximum atomic E-state index is 13.3. The molecular formula is C62H83ClN14O9S. The number of carbonyl (C=O) groups excluding carboxylic acids is 4. The van der Waals surface area contributed by atoms with Crippen molar-refractivity contribution >= 4 is 81.2 Å². The van der Waals surface area contributed by atoms with Crippen LogP contribution >= 0.6 is 23.4 Å². The molecule has 3 fully saturated rings. The quantitative estimate of drug-likeness (QED) is 0.0193. The number of hydrogen-bond acceptors (Lipinski definition) is 20. The zero-order valence-electron chi connectivity index (χ0n) is 50.0. The lowest BCUT2D eigenvalue weighted by Gasteiger charge is -2.36. The summed E-state index contributed by atoms with van der Waals surface area (Å²) in [6.07, 6.45) is 5.77. The third kappa shape index (κ3) is 19.3. The third-order valence-electron chi connectivity index (χ3n) is 15.6. The molecule has 7 N–H and O–H groups in total. The van der Waals surface area contributed by atoms with E-state index >= 15 is 0 Å². The number of tetrazole rings is 1. The number of Topliss-reactive ketones (excluding diaryl/α,β-unsaturated/α-hetero) is 1. The van der Waals surface area contributed by atoms with Gasteiger partial charge in [-0.05, 0) is 97.5 Å². The fourth-order valence-electron chi connectivity index (χ4n) is 11.1. The minimum absolute atomic E-state index is 0.0250. The van der Waals surface area contributed by atoms with Crippen molar-refractivity contribution in [2.45, 2.75) is 95.4 Å². The van der Waals surface area contributed by atoms with Gasteiger partial charge in [0, 0.05) is 111 Å². The summed E-state index contributed by atoms with van der Waals surface area (Å²) >= 11 is 8.35. The van der Waals surface area contributed by atoms with E-state index in [0.717, 1.165) is 98.4 Å². The first-order valence-corrected chi connectivity index (χ1v) is 31.8. The minimum atomic E-state index is -0.419. The second-order valence-electron chi connectivity index (χ2n) is 23.0. The molecule has 5 heterocycles. The molecule has 23 nitrogen and oxygen atoms in total. The lowest BCUT2D eigenvalue weighted by molar-refractivity contribution is -0.121. The van der Waals surface area contributed by atoms with Gasteiger partial charge in [0.2, 0.25) is 11.8 Å². The number of benzene rings is 3. The van der Waals surface area contributed by atoms with Gasteiger partial charge in [-0.1, -0.05) is 50.6 Å². The fraction of sp³-hybridized carbons (Fsp3) is 0.532. The van der Waals surface area contributed by atoms with Crippen LogP contribution in [0, 0.1) is 5.41 Å². The van der Waals surface area contributed by atoms with Gasteiger partial charge in [0.05, 0.1) is 99.1 Å². The number of hydrogen-bond donors (Lipinski definition) is 7. The van der Waals surface area contributed by atoms with E-state index in [2.05, 4.69) is 75.8 Å². The largest absolute Gasteiger partial charge is 0.511 e. The predicted molar refractivity (Wildman–Crippen MR) is 338 cm³/mol. The topological polar surface area (TPSA) is 272 Å². The van der Waals surface area contributed by atoms with Gasteiger partial charge >= 0.3 is 0 Å². The van der Waals surface area contributed by atoms with Gasteiger partial charge in [0.15, 0.2) is 5.78 Å². The number of piperazine rings is 1. The number of aromatic nitrogens is 4. The molecule has 0 radical (unpaired) electrons. The molecule has 3 atom stereocenters. The number of allylic oxidation sites excluding steroid dienone is 2. The smallest absolute Gasteiger partial charge is 0.292 e. The average molecular weight is 1240 g/mol. The molecule has 0 spiro atoms. The zero-order valence-corrected chi connectivity index (χ0v) is 51.5. The number of para-hydroxylation sites is 1. The molecule has 0 bridgehead atoms. The highest BCUT2D eigenvalue weighted by Gasteiger charge is 2.41. The molecule has 0 unspecified atom stereocenters. The Balaban J connectivity index is 0.608. The lowest BCUT2D eigenvalue weighted by Crippen LogP contribution is -2.49. The first-order chi connectivity index (χ1) is 42.2. The molecule has 4 aliphatic heterocycles. The Morgan fingerprint density at radius 2 is 1.55 bits per heavy atom. The maximum absolute atomic E-state index is 13.3.